The van der Waals surface area contributed by atoms with Gasteiger partial charge in [-0.15, -0.1) is 0 Å². The number of hydrogen-bond acceptors (Lipinski definition) is 4. The van der Waals surface area contributed by atoms with E-state index in [-0.39, 0.29) is 4.90 Å². The molecular weight excluding hydrogens is 324 g/mol. The lowest BCUT2D eigenvalue weighted by molar-refractivity contribution is 0.298. The summed E-state index contributed by atoms with van der Waals surface area (Å²) in [5, 5.41) is 4.18. The maximum absolute atomic E-state index is 12.6. The quantitative estimate of drug-likeness (QED) is 0.720. The van der Waals surface area contributed by atoms with Crippen LogP contribution in [0.2, 0.25) is 5.02 Å². The minimum absolute atomic E-state index is 0.0308. The summed E-state index contributed by atoms with van der Waals surface area (Å²) in [5.74, 6) is 0.313. The van der Waals surface area contributed by atoms with Crippen LogP contribution >= 0.6 is 11.6 Å². The molecule has 0 fully saturated rings. The highest BCUT2D eigenvalue weighted by molar-refractivity contribution is 7.90. The van der Waals surface area contributed by atoms with E-state index in [1.165, 1.54) is 18.5 Å². The Balaban J connectivity index is 2.39. The largest absolute Gasteiger partial charge is 0.492 e. The van der Waals surface area contributed by atoms with Crippen molar-refractivity contribution in [3.05, 3.63) is 41.2 Å². The van der Waals surface area contributed by atoms with Crippen molar-refractivity contribution in [2.75, 3.05) is 6.61 Å². The van der Waals surface area contributed by atoms with Gasteiger partial charge in [0.05, 0.1) is 12.8 Å². The molecule has 0 spiro atoms. The van der Waals surface area contributed by atoms with E-state index in [9.17, 15) is 8.42 Å². The molecule has 0 radical (unpaired) electrons. The van der Waals surface area contributed by atoms with Gasteiger partial charge in [0, 0.05) is 11.2 Å². The average molecular weight is 343 g/mol. The predicted molar refractivity (Wildman–Crippen MR) is 86.0 cm³/mol. The summed E-state index contributed by atoms with van der Waals surface area (Å²) in [6.45, 7) is 4.38. The molecule has 120 valence electrons. The van der Waals surface area contributed by atoms with E-state index in [1.54, 1.807) is 12.1 Å². The molecule has 7 heteroatoms. The smallest absolute Gasteiger partial charge is 0.286 e. The summed E-state index contributed by atoms with van der Waals surface area (Å²) in [4.78, 5) is 0.0308. The van der Waals surface area contributed by atoms with E-state index < -0.39 is 10.0 Å². The third kappa shape index (κ3) is 3.62. The molecule has 0 aliphatic rings. The number of ether oxygens (including phenoxy) is 1. The molecule has 2 aromatic rings. The highest BCUT2D eigenvalue weighted by atomic mass is 35.5. The number of aryl methyl sites for hydroxylation is 1. The Bertz CT molecular complexity index is 727. The monoisotopic (exact) mass is 342 g/mol. The molecule has 0 saturated carbocycles. The number of hydrogen-bond donors (Lipinski definition) is 0. The molecular formula is C15H19ClN2O3S. The first-order valence-electron chi connectivity index (χ1n) is 7.15. The molecule has 1 heterocycles. The van der Waals surface area contributed by atoms with Crippen molar-refractivity contribution in [2.24, 2.45) is 0 Å². The second-order valence-corrected chi connectivity index (χ2v) is 7.16. The van der Waals surface area contributed by atoms with E-state index in [2.05, 4.69) is 12.0 Å². The van der Waals surface area contributed by atoms with Crippen molar-refractivity contribution in [3.63, 3.8) is 0 Å². The van der Waals surface area contributed by atoms with Gasteiger partial charge in [-0.2, -0.15) is 17.6 Å². The van der Waals surface area contributed by atoms with Crippen LogP contribution in [0.25, 0.3) is 0 Å². The molecule has 2 rings (SSSR count). The molecule has 0 saturated heterocycles. The van der Waals surface area contributed by atoms with Gasteiger partial charge in [0.25, 0.3) is 10.0 Å². The number of nitrogens with zero attached hydrogens (tertiary/aromatic N) is 2. The Hall–Kier alpha value is -1.53. The van der Waals surface area contributed by atoms with E-state index >= 15 is 0 Å². The SMILES string of the molecule is CCCCCOc1cc(C)c(Cl)cc1S(=O)(=O)n1cccn1. The molecule has 1 aromatic carbocycles. The van der Waals surface area contributed by atoms with Crippen LogP contribution in [-0.4, -0.2) is 24.2 Å². The fourth-order valence-electron chi connectivity index (χ4n) is 1.98. The lowest BCUT2D eigenvalue weighted by Crippen LogP contribution is -2.15. The van der Waals surface area contributed by atoms with Gasteiger partial charge in [0.1, 0.15) is 10.6 Å². The Morgan fingerprint density at radius 1 is 1.32 bits per heavy atom. The van der Waals surface area contributed by atoms with Gasteiger partial charge in [-0.25, -0.2) is 0 Å². The first-order valence-corrected chi connectivity index (χ1v) is 8.96. The van der Waals surface area contributed by atoms with Crippen molar-refractivity contribution in [1.29, 1.82) is 0 Å². The normalized spacial score (nSPS) is 11.6. The Labute approximate surface area is 135 Å². The van der Waals surface area contributed by atoms with E-state index in [1.807, 2.05) is 6.92 Å². The Morgan fingerprint density at radius 2 is 2.09 bits per heavy atom. The number of rotatable bonds is 7. The van der Waals surface area contributed by atoms with Gasteiger partial charge < -0.3 is 4.74 Å². The van der Waals surface area contributed by atoms with Gasteiger partial charge in [0.2, 0.25) is 0 Å². The standard InChI is InChI=1S/C15H19ClN2O3S/c1-3-4-5-9-21-14-10-12(2)13(16)11-15(14)22(19,20)18-8-6-7-17-18/h6-8,10-11H,3-5,9H2,1-2H3. The van der Waals surface area contributed by atoms with E-state index in [0.29, 0.717) is 17.4 Å². The van der Waals surface area contributed by atoms with Gasteiger partial charge in [-0.3, -0.25) is 0 Å². The van der Waals surface area contributed by atoms with Gasteiger partial charge >= 0.3 is 0 Å². The molecule has 0 aliphatic heterocycles. The summed E-state index contributed by atoms with van der Waals surface area (Å²) < 4.78 is 31.9. The van der Waals surface area contributed by atoms with Crippen LogP contribution < -0.4 is 4.74 Å². The van der Waals surface area contributed by atoms with Crippen LogP contribution in [0.4, 0.5) is 0 Å². The minimum Gasteiger partial charge on any atom is -0.492 e. The maximum atomic E-state index is 12.6. The second kappa shape index (κ2) is 7.15. The molecule has 0 amide bonds. The topological polar surface area (TPSA) is 61.2 Å². The maximum Gasteiger partial charge on any atom is 0.286 e. The summed E-state index contributed by atoms with van der Waals surface area (Å²) in [7, 11) is -3.81. The molecule has 0 atom stereocenters. The fourth-order valence-corrected chi connectivity index (χ4v) is 3.46. The zero-order chi connectivity index (χ0) is 16.2. The zero-order valence-electron chi connectivity index (χ0n) is 12.6. The number of benzene rings is 1. The second-order valence-electron chi connectivity index (χ2n) is 4.99. The summed E-state index contributed by atoms with van der Waals surface area (Å²) in [6, 6.07) is 4.63. The van der Waals surface area contributed by atoms with Crippen LogP contribution in [0.3, 0.4) is 0 Å². The highest BCUT2D eigenvalue weighted by Gasteiger charge is 2.23. The Morgan fingerprint density at radius 3 is 2.73 bits per heavy atom. The van der Waals surface area contributed by atoms with E-state index in [0.717, 1.165) is 28.9 Å². The number of aromatic nitrogens is 2. The lowest BCUT2D eigenvalue weighted by atomic mass is 10.2. The summed E-state index contributed by atoms with van der Waals surface area (Å²) in [6.07, 6.45) is 5.77. The first-order chi connectivity index (χ1) is 10.5. The third-order valence-electron chi connectivity index (χ3n) is 3.23. The van der Waals surface area contributed by atoms with Crippen molar-refractivity contribution in [1.82, 2.24) is 9.19 Å². The number of halogens is 1. The molecule has 0 N–H and O–H groups in total. The van der Waals surface area contributed by atoms with Crippen molar-refractivity contribution >= 4 is 21.6 Å². The van der Waals surface area contributed by atoms with Gasteiger partial charge in [-0.05, 0) is 37.1 Å². The van der Waals surface area contributed by atoms with Gasteiger partial charge in [-0.1, -0.05) is 31.4 Å². The van der Waals surface area contributed by atoms with Crippen molar-refractivity contribution < 1.29 is 13.2 Å². The van der Waals surface area contributed by atoms with Crippen LogP contribution in [-0.2, 0) is 10.0 Å². The molecule has 0 bridgehead atoms. The fraction of sp³-hybridized carbons (Fsp3) is 0.400. The third-order valence-corrected chi connectivity index (χ3v) is 5.23. The van der Waals surface area contributed by atoms with Crippen molar-refractivity contribution in [2.45, 2.75) is 38.0 Å². The van der Waals surface area contributed by atoms with Crippen LogP contribution in [0.15, 0.2) is 35.5 Å². The molecule has 1 aromatic heterocycles. The van der Waals surface area contributed by atoms with Crippen LogP contribution in [0, 0.1) is 6.92 Å². The lowest BCUT2D eigenvalue weighted by Gasteiger charge is -2.14. The molecule has 5 nitrogen and oxygen atoms in total. The van der Waals surface area contributed by atoms with Gasteiger partial charge in [0.15, 0.2) is 0 Å². The highest BCUT2D eigenvalue weighted by Crippen LogP contribution is 2.31. The zero-order valence-corrected chi connectivity index (χ0v) is 14.2. The average Bonchev–Trinajstić information content (AvgIpc) is 3.01. The molecule has 0 aliphatic carbocycles. The van der Waals surface area contributed by atoms with Crippen molar-refractivity contribution in [3.8, 4) is 5.75 Å². The summed E-state index contributed by atoms with van der Waals surface area (Å²) in [5.41, 5.74) is 0.770. The minimum atomic E-state index is -3.81. The van der Waals surface area contributed by atoms with E-state index in [4.69, 9.17) is 16.3 Å². The number of unbranched alkanes of at least 4 members (excludes halogenated alkanes) is 2. The first kappa shape index (κ1) is 16.8. The van der Waals surface area contributed by atoms with Crippen LogP contribution in [0.1, 0.15) is 31.7 Å². The predicted octanol–water partition coefficient (Wildman–Crippen LogP) is 3.65. The summed E-state index contributed by atoms with van der Waals surface area (Å²) >= 11 is 6.09. The molecule has 0 unspecified atom stereocenters. The van der Waals surface area contributed by atoms with Crippen LogP contribution in [0.5, 0.6) is 5.75 Å². The Kier molecular flexibility index (Phi) is 5.47. The molecule has 22 heavy (non-hydrogen) atoms.